The van der Waals surface area contributed by atoms with Crippen LogP contribution in [0.3, 0.4) is 0 Å². The third-order valence-electron chi connectivity index (χ3n) is 3.23. The first-order valence-corrected chi connectivity index (χ1v) is 5.19. The Morgan fingerprint density at radius 3 is 2.50 bits per heavy atom. The van der Waals surface area contributed by atoms with Crippen LogP contribution in [0.1, 0.15) is 13.3 Å². The molecule has 4 unspecified atom stereocenters. The molecule has 10 heavy (non-hydrogen) atoms. The summed E-state index contributed by atoms with van der Waals surface area (Å²) in [6.45, 7) is 2.39. The van der Waals surface area contributed by atoms with Crippen molar-refractivity contribution < 1.29 is 0 Å². The lowest BCUT2D eigenvalue weighted by Crippen LogP contribution is -2.17. The maximum absolute atomic E-state index is 3.58. The zero-order valence-electron chi connectivity index (χ0n) is 6.26. The Morgan fingerprint density at radius 1 is 1.40 bits per heavy atom. The molecular formula is C9H13Br. The highest BCUT2D eigenvalue weighted by molar-refractivity contribution is 9.09. The topological polar surface area (TPSA) is 0 Å². The molecule has 0 aromatic rings. The van der Waals surface area contributed by atoms with E-state index in [9.17, 15) is 0 Å². The fourth-order valence-electron chi connectivity index (χ4n) is 2.43. The highest BCUT2D eigenvalue weighted by Gasteiger charge is 2.40. The van der Waals surface area contributed by atoms with Gasteiger partial charge in [-0.15, -0.1) is 0 Å². The minimum Gasteiger partial charge on any atom is -0.0925 e. The van der Waals surface area contributed by atoms with Gasteiger partial charge in [-0.2, -0.15) is 0 Å². The molecule has 0 amide bonds. The average molecular weight is 201 g/mol. The molecule has 0 aromatic heterocycles. The molecule has 1 saturated carbocycles. The van der Waals surface area contributed by atoms with E-state index in [1.54, 1.807) is 0 Å². The highest BCUT2D eigenvalue weighted by atomic mass is 79.9. The van der Waals surface area contributed by atoms with Crippen molar-refractivity contribution in [2.45, 2.75) is 13.3 Å². The fraction of sp³-hybridized carbons (Fsp3) is 0.778. The van der Waals surface area contributed by atoms with Gasteiger partial charge in [0.25, 0.3) is 0 Å². The molecule has 0 radical (unpaired) electrons. The minimum absolute atomic E-state index is 0.902. The normalized spacial score (nSPS) is 50.6. The molecule has 0 N–H and O–H groups in total. The second-order valence-corrected chi connectivity index (χ2v) is 4.27. The standard InChI is InChI=1S/C9H13Br/c1-6-7-2-3-8(4-7)9(6)5-10/h2-3,6-9H,4-5H2,1H3. The fourth-order valence-corrected chi connectivity index (χ4v) is 3.50. The van der Waals surface area contributed by atoms with Crippen LogP contribution in [0.15, 0.2) is 12.2 Å². The van der Waals surface area contributed by atoms with E-state index in [-0.39, 0.29) is 0 Å². The van der Waals surface area contributed by atoms with Crippen LogP contribution in [0.4, 0.5) is 0 Å². The van der Waals surface area contributed by atoms with Gasteiger partial charge in [0.1, 0.15) is 0 Å². The van der Waals surface area contributed by atoms with Gasteiger partial charge in [-0.3, -0.25) is 0 Å². The molecule has 0 spiro atoms. The van der Waals surface area contributed by atoms with Gasteiger partial charge in [0, 0.05) is 5.33 Å². The largest absolute Gasteiger partial charge is 0.0925 e. The molecule has 56 valence electrons. The molecule has 1 fully saturated rings. The van der Waals surface area contributed by atoms with Crippen molar-refractivity contribution in [3.8, 4) is 0 Å². The van der Waals surface area contributed by atoms with Crippen LogP contribution in [0.25, 0.3) is 0 Å². The first kappa shape index (κ1) is 6.90. The predicted octanol–water partition coefficient (Wildman–Crippen LogP) is 2.84. The van der Waals surface area contributed by atoms with Crippen LogP contribution in [-0.2, 0) is 0 Å². The maximum atomic E-state index is 3.58. The van der Waals surface area contributed by atoms with Crippen LogP contribution >= 0.6 is 15.9 Å². The van der Waals surface area contributed by atoms with Gasteiger partial charge in [0.2, 0.25) is 0 Å². The van der Waals surface area contributed by atoms with Crippen molar-refractivity contribution in [2.24, 2.45) is 23.7 Å². The molecule has 2 aliphatic carbocycles. The summed E-state index contributed by atoms with van der Waals surface area (Å²) >= 11 is 3.58. The van der Waals surface area contributed by atoms with Crippen LogP contribution < -0.4 is 0 Å². The first-order chi connectivity index (χ1) is 4.83. The van der Waals surface area contributed by atoms with Crippen LogP contribution in [0.2, 0.25) is 0 Å². The number of allylic oxidation sites excluding steroid dienone is 2. The number of hydrogen-bond donors (Lipinski definition) is 0. The lowest BCUT2D eigenvalue weighted by molar-refractivity contribution is 0.373. The molecule has 0 saturated heterocycles. The van der Waals surface area contributed by atoms with Crippen molar-refractivity contribution in [2.75, 3.05) is 5.33 Å². The van der Waals surface area contributed by atoms with E-state index >= 15 is 0 Å². The van der Waals surface area contributed by atoms with E-state index in [0.29, 0.717) is 0 Å². The summed E-state index contributed by atoms with van der Waals surface area (Å²) in [7, 11) is 0. The number of hydrogen-bond acceptors (Lipinski definition) is 0. The van der Waals surface area contributed by atoms with Crippen molar-refractivity contribution >= 4 is 15.9 Å². The Morgan fingerprint density at radius 2 is 2.10 bits per heavy atom. The molecule has 2 rings (SSSR count). The zero-order chi connectivity index (χ0) is 7.14. The lowest BCUT2D eigenvalue weighted by Gasteiger charge is -2.21. The molecule has 0 aliphatic heterocycles. The van der Waals surface area contributed by atoms with E-state index < -0.39 is 0 Å². The zero-order valence-corrected chi connectivity index (χ0v) is 7.84. The number of fused-ring (bicyclic) bond motifs is 2. The molecular weight excluding hydrogens is 188 g/mol. The van der Waals surface area contributed by atoms with Gasteiger partial charge < -0.3 is 0 Å². The second kappa shape index (κ2) is 2.37. The Kier molecular flexibility index (Phi) is 1.63. The quantitative estimate of drug-likeness (QED) is 0.452. The van der Waals surface area contributed by atoms with E-state index in [1.807, 2.05) is 0 Å². The van der Waals surface area contributed by atoms with Gasteiger partial charge in [0.05, 0.1) is 0 Å². The SMILES string of the molecule is CC1C2C=CC(C2)C1CBr. The molecule has 0 nitrogen and oxygen atoms in total. The van der Waals surface area contributed by atoms with Crippen LogP contribution in [-0.4, -0.2) is 5.33 Å². The van der Waals surface area contributed by atoms with Gasteiger partial charge in [-0.1, -0.05) is 35.0 Å². The number of rotatable bonds is 1. The third-order valence-corrected chi connectivity index (χ3v) is 3.98. The molecule has 0 aromatic carbocycles. The summed E-state index contributed by atoms with van der Waals surface area (Å²) in [4.78, 5) is 0. The van der Waals surface area contributed by atoms with E-state index in [1.165, 1.54) is 11.8 Å². The summed E-state index contributed by atoms with van der Waals surface area (Å²) in [5, 5.41) is 1.19. The Labute approximate surface area is 70.8 Å². The molecule has 1 heteroatoms. The monoisotopic (exact) mass is 200 g/mol. The number of halogens is 1. The van der Waals surface area contributed by atoms with Gasteiger partial charge in [-0.25, -0.2) is 0 Å². The molecule has 2 bridgehead atoms. The van der Waals surface area contributed by atoms with Crippen LogP contribution in [0.5, 0.6) is 0 Å². The maximum Gasteiger partial charge on any atom is 0.00680 e. The van der Waals surface area contributed by atoms with Crippen molar-refractivity contribution in [1.82, 2.24) is 0 Å². The summed E-state index contributed by atoms with van der Waals surface area (Å²) in [5.74, 6) is 3.66. The van der Waals surface area contributed by atoms with Gasteiger partial charge in [-0.05, 0) is 30.1 Å². The van der Waals surface area contributed by atoms with Gasteiger partial charge >= 0.3 is 0 Å². The Balaban J connectivity index is 2.18. The molecule has 0 heterocycles. The van der Waals surface area contributed by atoms with E-state index in [4.69, 9.17) is 0 Å². The summed E-state index contributed by atoms with van der Waals surface area (Å²) in [6, 6.07) is 0. The summed E-state index contributed by atoms with van der Waals surface area (Å²) in [6.07, 6.45) is 6.25. The lowest BCUT2D eigenvalue weighted by atomic mass is 9.86. The minimum atomic E-state index is 0.902. The van der Waals surface area contributed by atoms with Crippen molar-refractivity contribution in [3.05, 3.63) is 12.2 Å². The molecule has 4 atom stereocenters. The second-order valence-electron chi connectivity index (χ2n) is 3.63. The number of alkyl halides is 1. The van der Waals surface area contributed by atoms with Crippen molar-refractivity contribution in [1.29, 1.82) is 0 Å². The Bertz CT molecular complexity index is 162. The smallest absolute Gasteiger partial charge is 0.00680 e. The Hall–Kier alpha value is 0.220. The molecule has 2 aliphatic rings. The third kappa shape index (κ3) is 0.795. The first-order valence-electron chi connectivity index (χ1n) is 4.07. The predicted molar refractivity (Wildman–Crippen MR) is 47.2 cm³/mol. The summed E-state index contributed by atoms with van der Waals surface area (Å²) < 4.78 is 0. The van der Waals surface area contributed by atoms with Gasteiger partial charge in [0.15, 0.2) is 0 Å². The highest BCUT2D eigenvalue weighted by Crippen LogP contribution is 2.48. The van der Waals surface area contributed by atoms with E-state index in [2.05, 4.69) is 35.0 Å². The average Bonchev–Trinajstić information content (AvgIpc) is 2.46. The van der Waals surface area contributed by atoms with E-state index in [0.717, 1.165) is 23.7 Å². The van der Waals surface area contributed by atoms with Crippen LogP contribution in [0, 0.1) is 23.7 Å². The summed E-state index contributed by atoms with van der Waals surface area (Å²) in [5.41, 5.74) is 0. The van der Waals surface area contributed by atoms with Crippen molar-refractivity contribution in [3.63, 3.8) is 0 Å².